The number of ether oxygens (including phenoxy) is 1. The van der Waals surface area contributed by atoms with E-state index in [-0.39, 0.29) is 35.1 Å². The van der Waals surface area contributed by atoms with Crippen molar-refractivity contribution in [3.8, 4) is 22.9 Å². The first-order chi connectivity index (χ1) is 27.7. The standard InChI is InChI=1S/C46H44N6O5/c1-48-19-21-49(22-20-48)28-35-23-30-7-3-4-8-32(30)27-50(35)45(55)38-25-43(54)44(57-2)26-42(38)51-29-39(37-9-5-6-10-41(37)51)46(56)52(33-11-14-36(53)15-12-33)34-13-16-40-31(24-34)17-18-47-40/h3-18,24-26,29,35,47,53-54H,19-23,27-28H2,1-2H3. The number of hydrogen-bond donors (Lipinski definition) is 3. The van der Waals surface area contributed by atoms with Crippen LogP contribution in [0.5, 0.6) is 17.2 Å². The second-order valence-corrected chi connectivity index (χ2v) is 15.0. The summed E-state index contributed by atoms with van der Waals surface area (Å²) < 4.78 is 7.48. The molecule has 1 atom stereocenters. The summed E-state index contributed by atoms with van der Waals surface area (Å²) in [5.41, 5.74) is 6.38. The Morgan fingerprint density at radius 2 is 1.56 bits per heavy atom. The normalized spacial score (nSPS) is 16.2. The summed E-state index contributed by atoms with van der Waals surface area (Å²) in [5, 5.41) is 23.0. The van der Waals surface area contributed by atoms with E-state index in [0.717, 1.165) is 55.6 Å². The largest absolute Gasteiger partial charge is 0.508 e. The average molecular weight is 761 g/mol. The molecule has 2 aliphatic heterocycles. The molecular weight excluding hydrogens is 717 g/mol. The minimum Gasteiger partial charge on any atom is -0.508 e. The summed E-state index contributed by atoms with van der Waals surface area (Å²) in [7, 11) is 3.62. The predicted molar refractivity (Wildman–Crippen MR) is 222 cm³/mol. The average Bonchev–Trinajstić information content (AvgIpc) is 3.87. The van der Waals surface area contributed by atoms with Crippen molar-refractivity contribution in [2.75, 3.05) is 51.8 Å². The van der Waals surface area contributed by atoms with E-state index >= 15 is 9.59 Å². The number of aromatic hydroxyl groups is 2. The van der Waals surface area contributed by atoms with Crippen LogP contribution in [0, 0.1) is 0 Å². The number of H-pyrrole nitrogens is 1. The molecular formula is C46H44N6O5. The maximum absolute atomic E-state index is 15.2. The first-order valence-corrected chi connectivity index (χ1v) is 19.3. The number of fused-ring (bicyclic) bond motifs is 3. The Morgan fingerprint density at radius 1 is 0.825 bits per heavy atom. The molecule has 0 bridgehead atoms. The van der Waals surface area contributed by atoms with Gasteiger partial charge in [0.05, 0.1) is 29.4 Å². The first kappa shape index (κ1) is 36.1. The highest BCUT2D eigenvalue weighted by Crippen LogP contribution is 2.38. The molecule has 0 aliphatic carbocycles. The number of piperazine rings is 1. The second kappa shape index (κ2) is 14.8. The van der Waals surface area contributed by atoms with Crippen LogP contribution in [0.2, 0.25) is 0 Å². The zero-order valence-electron chi connectivity index (χ0n) is 31.9. The van der Waals surface area contributed by atoms with Gasteiger partial charge in [0.1, 0.15) is 5.75 Å². The lowest BCUT2D eigenvalue weighted by molar-refractivity contribution is 0.0535. The Labute approximate surface area is 330 Å². The van der Waals surface area contributed by atoms with Crippen molar-refractivity contribution in [3.63, 3.8) is 0 Å². The molecule has 288 valence electrons. The number of nitrogens with zero attached hydrogens (tertiary/aromatic N) is 5. The Bertz CT molecular complexity index is 2620. The molecule has 2 amide bonds. The van der Waals surface area contributed by atoms with Gasteiger partial charge < -0.3 is 34.3 Å². The minimum absolute atomic E-state index is 0.0882. The zero-order chi connectivity index (χ0) is 39.2. The first-order valence-electron chi connectivity index (χ1n) is 19.3. The van der Waals surface area contributed by atoms with Gasteiger partial charge in [-0.3, -0.25) is 19.4 Å². The van der Waals surface area contributed by atoms with Gasteiger partial charge in [0.25, 0.3) is 11.8 Å². The van der Waals surface area contributed by atoms with Gasteiger partial charge in [-0.15, -0.1) is 0 Å². The number of rotatable bonds is 8. The molecule has 5 aromatic carbocycles. The monoisotopic (exact) mass is 760 g/mol. The molecule has 11 nitrogen and oxygen atoms in total. The highest BCUT2D eigenvalue weighted by molar-refractivity contribution is 6.18. The number of para-hydroxylation sites is 1. The molecule has 0 saturated carbocycles. The van der Waals surface area contributed by atoms with Crippen molar-refractivity contribution in [2.45, 2.75) is 19.0 Å². The molecule has 1 fully saturated rings. The Hall–Kier alpha value is -6.56. The van der Waals surface area contributed by atoms with Crippen molar-refractivity contribution in [1.82, 2.24) is 24.3 Å². The number of carbonyl (C=O) groups is 2. The zero-order valence-corrected chi connectivity index (χ0v) is 31.9. The van der Waals surface area contributed by atoms with E-state index < -0.39 is 0 Å². The van der Waals surface area contributed by atoms with Gasteiger partial charge in [0.15, 0.2) is 11.5 Å². The SMILES string of the molecule is COc1cc(-n2cc(C(=O)N(c3ccc(O)cc3)c3ccc4[nH]ccc4c3)c3ccccc32)c(C(=O)N2Cc3ccccc3CC2CN2CCN(C)CC2)cc1O. The lowest BCUT2D eigenvalue weighted by atomic mass is 9.92. The Morgan fingerprint density at radius 3 is 2.35 bits per heavy atom. The van der Waals surface area contributed by atoms with Crippen LogP contribution in [0.4, 0.5) is 11.4 Å². The second-order valence-electron chi connectivity index (χ2n) is 15.0. The molecule has 57 heavy (non-hydrogen) atoms. The van der Waals surface area contributed by atoms with Crippen molar-refractivity contribution in [3.05, 3.63) is 144 Å². The number of phenols is 2. The van der Waals surface area contributed by atoms with Crippen LogP contribution in [-0.2, 0) is 13.0 Å². The van der Waals surface area contributed by atoms with Gasteiger partial charge in [-0.25, -0.2) is 0 Å². The van der Waals surface area contributed by atoms with E-state index in [4.69, 9.17) is 4.74 Å². The fraction of sp³-hybridized carbons (Fsp3) is 0.217. The number of phenolic OH excluding ortho intramolecular Hbond substituents is 2. The number of aromatic amines is 1. The molecule has 1 unspecified atom stereocenters. The summed E-state index contributed by atoms with van der Waals surface area (Å²) in [6, 6.07) is 33.3. The molecule has 7 aromatic rings. The van der Waals surface area contributed by atoms with Gasteiger partial charge in [-0.05, 0) is 85.3 Å². The van der Waals surface area contributed by atoms with E-state index in [0.29, 0.717) is 45.6 Å². The number of carbonyl (C=O) groups excluding carboxylic acids is 2. The number of nitrogens with one attached hydrogen (secondary N) is 1. The number of benzene rings is 5. The number of anilines is 2. The van der Waals surface area contributed by atoms with Gasteiger partial charge in [-0.2, -0.15) is 0 Å². The van der Waals surface area contributed by atoms with Gasteiger partial charge in [0, 0.05) is 91.4 Å². The molecule has 1 saturated heterocycles. The third kappa shape index (κ3) is 6.74. The highest BCUT2D eigenvalue weighted by atomic mass is 16.5. The minimum atomic E-state index is -0.302. The number of methoxy groups -OCH3 is 1. The maximum Gasteiger partial charge on any atom is 0.265 e. The Balaban J connectivity index is 1.16. The van der Waals surface area contributed by atoms with Crippen LogP contribution in [0.15, 0.2) is 122 Å². The lowest BCUT2D eigenvalue weighted by Gasteiger charge is -2.41. The molecule has 3 N–H and O–H groups in total. The van der Waals surface area contributed by atoms with Crippen molar-refractivity contribution >= 4 is 45.0 Å². The molecule has 9 rings (SSSR count). The molecule has 2 aromatic heterocycles. The smallest absolute Gasteiger partial charge is 0.265 e. The number of aromatic nitrogens is 2. The molecule has 0 spiro atoms. The summed E-state index contributed by atoms with van der Waals surface area (Å²) in [5.74, 6) is -0.373. The topological polar surface area (TPSA) is 118 Å². The van der Waals surface area contributed by atoms with E-state index in [9.17, 15) is 10.2 Å². The van der Waals surface area contributed by atoms with Crippen LogP contribution in [0.25, 0.3) is 27.5 Å². The van der Waals surface area contributed by atoms with Gasteiger partial charge in [0.2, 0.25) is 0 Å². The summed E-state index contributed by atoms with van der Waals surface area (Å²) in [4.78, 5) is 41.8. The fourth-order valence-corrected chi connectivity index (χ4v) is 8.40. The Kier molecular flexibility index (Phi) is 9.39. The highest BCUT2D eigenvalue weighted by Gasteiger charge is 2.35. The van der Waals surface area contributed by atoms with Crippen LogP contribution in [0.3, 0.4) is 0 Å². The van der Waals surface area contributed by atoms with Crippen molar-refractivity contribution < 1.29 is 24.5 Å². The van der Waals surface area contributed by atoms with E-state index in [2.05, 4.69) is 40.0 Å². The predicted octanol–water partition coefficient (Wildman–Crippen LogP) is 7.32. The quantitative estimate of drug-likeness (QED) is 0.149. The molecule has 0 radical (unpaired) electrons. The number of amides is 2. The fourth-order valence-electron chi connectivity index (χ4n) is 8.40. The van der Waals surface area contributed by atoms with Crippen LogP contribution < -0.4 is 9.64 Å². The van der Waals surface area contributed by atoms with Crippen LogP contribution in [-0.4, -0.2) is 99.2 Å². The summed E-state index contributed by atoms with van der Waals surface area (Å²) >= 11 is 0. The van der Waals surface area contributed by atoms with Gasteiger partial charge >= 0.3 is 0 Å². The molecule has 11 heteroatoms. The van der Waals surface area contributed by atoms with Gasteiger partial charge in [-0.1, -0.05) is 42.5 Å². The van der Waals surface area contributed by atoms with E-state index in [1.807, 2.05) is 70.3 Å². The molecule has 4 heterocycles. The maximum atomic E-state index is 15.2. The number of likely N-dealkylation sites (N-methyl/N-ethyl adjacent to an activating group) is 1. The van der Waals surface area contributed by atoms with E-state index in [1.54, 1.807) is 41.4 Å². The summed E-state index contributed by atoms with van der Waals surface area (Å²) in [6.07, 6.45) is 4.35. The van der Waals surface area contributed by atoms with Crippen molar-refractivity contribution in [1.29, 1.82) is 0 Å². The lowest BCUT2D eigenvalue weighted by Crippen LogP contribution is -2.53. The third-order valence-electron chi connectivity index (χ3n) is 11.5. The third-order valence-corrected chi connectivity index (χ3v) is 11.5. The van der Waals surface area contributed by atoms with Crippen LogP contribution >= 0.6 is 0 Å². The van der Waals surface area contributed by atoms with E-state index in [1.165, 1.54) is 18.7 Å². The molecule has 2 aliphatic rings. The van der Waals surface area contributed by atoms with Crippen molar-refractivity contribution in [2.24, 2.45) is 0 Å². The van der Waals surface area contributed by atoms with Crippen LogP contribution in [0.1, 0.15) is 31.8 Å². The summed E-state index contributed by atoms with van der Waals surface area (Å²) in [6.45, 7) is 4.97. The number of hydrogen-bond acceptors (Lipinski definition) is 7.